The molecule has 1 aromatic carbocycles. The van der Waals surface area contributed by atoms with Gasteiger partial charge in [-0.05, 0) is 43.4 Å². The predicted molar refractivity (Wildman–Crippen MR) is 93.6 cm³/mol. The lowest BCUT2D eigenvalue weighted by Gasteiger charge is -2.15. The average Bonchev–Trinajstić information content (AvgIpc) is 2.47. The van der Waals surface area contributed by atoms with Gasteiger partial charge in [-0.2, -0.15) is 0 Å². The van der Waals surface area contributed by atoms with E-state index in [2.05, 4.69) is 54.4 Å². The maximum absolute atomic E-state index is 6.19. The molecule has 0 radical (unpaired) electrons. The Kier molecular flexibility index (Phi) is 5.20. The molecule has 2 aromatic rings. The van der Waals surface area contributed by atoms with Gasteiger partial charge < -0.3 is 16.4 Å². The number of nitrogens with one attached hydrogen (secondary N) is 2. The molecule has 0 aliphatic heterocycles. The van der Waals surface area contributed by atoms with Crippen LogP contribution in [-0.2, 0) is 0 Å². The van der Waals surface area contributed by atoms with Crippen LogP contribution in [0.2, 0.25) is 0 Å². The highest BCUT2D eigenvalue weighted by Gasteiger charge is 2.09. The number of aryl methyl sites for hydroxylation is 1. The maximum atomic E-state index is 6.19. The summed E-state index contributed by atoms with van der Waals surface area (Å²) in [7, 11) is 0. The van der Waals surface area contributed by atoms with Crippen molar-refractivity contribution in [2.75, 3.05) is 22.9 Å². The van der Waals surface area contributed by atoms with E-state index in [1.54, 1.807) is 0 Å². The summed E-state index contributed by atoms with van der Waals surface area (Å²) in [5.74, 6) is 1.96. The van der Waals surface area contributed by atoms with Gasteiger partial charge in [-0.1, -0.05) is 26.0 Å². The van der Waals surface area contributed by atoms with E-state index in [0.29, 0.717) is 23.2 Å². The summed E-state index contributed by atoms with van der Waals surface area (Å²) >= 11 is 0. The molecule has 2 rings (SSSR count). The van der Waals surface area contributed by atoms with Gasteiger partial charge in [0.25, 0.3) is 0 Å². The Hall–Kier alpha value is -2.30. The zero-order valence-electron chi connectivity index (χ0n) is 13.8. The van der Waals surface area contributed by atoms with Crippen molar-refractivity contribution in [1.29, 1.82) is 0 Å². The molecule has 0 spiro atoms. The van der Waals surface area contributed by atoms with Crippen LogP contribution in [0.15, 0.2) is 24.5 Å². The lowest BCUT2D eigenvalue weighted by atomic mass is 10.1. The van der Waals surface area contributed by atoms with Crippen LogP contribution in [0.1, 0.15) is 31.4 Å². The van der Waals surface area contributed by atoms with Gasteiger partial charge in [0.2, 0.25) is 0 Å². The van der Waals surface area contributed by atoms with E-state index < -0.39 is 0 Å². The highest BCUT2D eigenvalue weighted by Crippen LogP contribution is 2.28. The fourth-order valence-electron chi connectivity index (χ4n) is 2.13. The van der Waals surface area contributed by atoms with Gasteiger partial charge in [0.1, 0.15) is 12.0 Å². The van der Waals surface area contributed by atoms with Crippen LogP contribution in [0.25, 0.3) is 0 Å². The molecule has 0 amide bonds. The van der Waals surface area contributed by atoms with Gasteiger partial charge in [-0.3, -0.25) is 0 Å². The molecule has 0 fully saturated rings. The van der Waals surface area contributed by atoms with Gasteiger partial charge in [0, 0.05) is 12.2 Å². The second-order valence-corrected chi connectivity index (χ2v) is 5.97. The molecule has 1 aromatic heterocycles. The quantitative estimate of drug-likeness (QED) is 0.754. The number of nitrogens with zero attached hydrogens (tertiary/aromatic N) is 2. The fraction of sp³-hybridized carbons (Fsp3) is 0.412. The minimum Gasteiger partial charge on any atom is -0.393 e. The van der Waals surface area contributed by atoms with E-state index in [1.807, 2.05) is 12.1 Å². The molecule has 4 N–H and O–H groups in total. The summed E-state index contributed by atoms with van der Waals surface area (Å²) in [5.41, 5.74) is 10.2. The third kappa shape index (κ3) is 3.87. The number of hydrogen-bond donors (Lipinski definition) is 3. The Bertz CT molecular complexity index is 637. The van der Waals surface area contributed by atoms with Gasteiger partial charge in [0.15, 0.2) is 11.6 Å². The van der Waals surface area contributed by atoms with E-state index in [-0.39, 0.29) is 0 Å². The van der Waals surface area contributed by atoms with Crippen LogP contribution < -0.4 is 16.4 Å². The molecule has 0 saturated carbocycles. The molecule has 22 heavy (non-hydrogen) atoms. The fourth-order valence-corrected chi connectivity index (χ4v) is 2.13. The number of nitrogens with two attached hydrogens (primary N) is 1. The predicted octanol–water partition coefficient (Wildman–Crippen LogP) is 3.88. The Labute approximate surface area is 132 Å². The second kappa shape index (κ2) is 7.11. The van der Waals surface area contributed by atoms with E-state index in [1.165, 1.54) is 17.5 Å². The topological polar surface area (TPSA) is 75.9 Å². The highest BCUT2D eigenvalue weighted by molar-refractivity contribution is 5.78. The first-order valence-electron chi connectivity index (χ1n) is 7.66. The lowest BCUT2D eigenvalue weighted by molar-refractivity contribution is 0.606. The maximum Gasteiger partial charge on any atom is 0.159 e. The largest absolute Gasteiger partial charge is 0.393 e. The number of anilines is 4. The van der Waals surface area contributed by atoms with E-state index >= 15 is 0 Å². The molecule has 118 valence electrons. The monoisotopic (exact) mass is 299 g/mol. The van der Waals surface area contributed by atoms with Crippen molar-refractivity contribution in [2.45, 2.75) is 34.1 Å². The Morgan fingerprint density at radius 2 is 1.86 bits per heavy atom. The van der Waals surface area contributed by atoms with Crippen molar-refractivity contribution in [1.82, 2.24) is 9.97 Å². The molecule has 0 bridgehead atoms. The number of nitrogen functional groups attached to an aromatic ring is 1. The lowest BCUT2D eigenvalue weighted by Crippen LogP contribution is -2.10. The van der Waals surface area contributed by atoms with Crippen molar-refractivity contribution in [2.24, 2.45) is 5.92 Å². The second-order valence-electron chi connectivity index (χ2n) is 5.97. The van der Waals surface area contributed by atoms with Gasteiger partial charge >= 0.3 is 0 Å². The number of rotatable bonds is 6. The zero-order chi connectivity index (χ0) is 16.1. The van der Waals surface area contributed by atoms with Crippen LogP contribution in [0.5, 0.6) is 0 Å². The summed E-state index contributed by atoms with van der Waals surface area (Å²) < 4.78 is 0. The van der Waals surface area contributed by atoms with Crippen LogP contribution in [-0.4, -0.2) is 16.5 Å². The molecule has 5 heteroatoms. The van der Waals surface area contributed by atoms with Crippen LogP contribution in [0.3, 0.4) is 0 Å². The molecule has 0 unspecified atom stereocenters. The molecule has 0 atom stereocenters. The Morgan fingerprint density at radius 1 is 1.14 bits per heavy atom. The SMILES string of the molecule is Cc1cccc(Nc2ncnc(NCCC(C)C)c2N)c1C. The number of benzene rings is 1. The molecular weight excluding hydrogens is 274 g/mol. The molecule has 0 aliphatic rings. The minimum absolute atomic E-state index is 0.548. The van der Waals surface area contributed by atoms with E-state index in [0.717, 1.165) is 18.7 Å². The Morgan fingerprint density at radius 3 is 2.59 bits per heavy atom. The third-order valence-corrected chi connectivity index (χ3v) is 3.76. The van der Waals surface area contributed by atoms with Crippen LogP contribution >= 0.6 is 0 Å². The van der Waals surface area contributed by atoms with Gasteiger partial charge in [-0.15, -0.1) is 0 Å². The third-order valence-electron chi connectivity index (χ3n) is 3.76. The Balaban J connectivity index is 2.16. The van der Waals surface area contributed by atoms with Crippen molar-refractivity contribution in [3.05, 3.63) is 35.7 Å². The summed E-state index contributed by atoms with van der Waals surface area (Å²) in [5, 5.41) is 6.59. The summed E-state index contributed by atoms with van der Waals surface area (Å²) in [6, 6.07) is 6.13. The molecular formula is C17H25N5. The van der Waals surface area contributed by atoms with Crippen LogP contribution in [0.4, 0.5) is 23.0 Å². The first kappa shape index (κ1) is 16.1. The summed E-state index contributed by atoms with van der Waals surface area (Å²) in [6.07, 6.45) is 2.60. The average molecular weight is 299 g/mol. The normalized spacial score (nSPS) is 10.8. The van der Waals surface area contributed by atoms with Crippen molar-refractivity contribution < 1.29 is 0 Å². The first-order chi connectivity index (χ1) is 10.5. The highest BCUT2D eigenvalue weighted by atomic mass is 15.1. The standard InChI is InChI=1S/C17H25N5/c1-11(2)8-9-19-16-15(18)17(21-10-20-16)22-14-7-5-6-12(3)13(14)4/h5-7,10-11H,8-9,18H2,1-4H3,(H2,19,20,21,22). The number of hydrogen-bond acceptors (Lipinski definition) is 5. The first-order valence-corrected chi connectivity index (χ1v) is 7.66. The molecule has 0 aliphatic carbocycles. The van der Waals surface area contributed by atoms with Crippen molar-refractivity contribution in [3.63, 3.8) is 0 Å². The van der Waals surface area contributed by atoms with Gasteiger partial charge in [0.05, 0.1) is 0 Å². The molecule has 1 heterocycles. The summed E-state index contributed by atoms with van der Waals surface area (Å²) in [4.78, 5) is 8.49. The van der Waals surface area contributed by atoms with E-state index in [9.17, 15) is 0 Å². The molecule has 5 nitrogen and oxygen atoms in total. The van der Waals surface area contributed by atoms with E-state index in [4.69, 9.17) is 5.73 Å². The smallest absolute Gasteiger partial charge is 0.159 e. The van der Waals surface area contributed by atoms with Crippen molar-refractivity contribution in [3.8, 4) is 0 Å². The minimum atomic E-state index is 0.548. The number of aromatic nitrogens is 2. The van der Waals surface area contributed by atoms with Crippen LogP contribution in [0, 0.1) is 19.8 Å². The van der Waals surface area contributed by atoms with Gasteiger partial charge in [-0.25, -0.2) is 9.97 Å². The zero-order valence-corrected chi connectivity index (χ0v) is 13.8. The summed E-state index contributed by atoms with van der Waals surface area (Å²) in [6.45, 7) is 9.40. The molecule has 0 saturated heterocycles. The van der Waals surface area contributed by atoms with Crippen molar-refractivity contribution >= 4 is 23.0 Å².